The van der Waals surface area contributed by atoms with Gasteiger partial charge in [-0.15, -0.1) is 0 Å². The van der Waals surface area contributed by atoms with E-state index in [0.717, 1.165) is 38.5 Å². The standard InChI is InChI=1S/C54H105NO8/c1-6-8-10-12-14-16-18-20-22-24-26-28-30-32-34-36-38-40-42-44-51(56)61-48-50(49-62-54(53(58)59)60-47-46-55(3,4)5)63-52(57)45-43-41-39-37-35-33-31-29-27-25-23-21-19-17-15-13-11-9-7-2/h50,54H,6-49H2,1-5H3. The van der Waals surface area contributed by atoms with Crippen LogP contribution < -0.4 is 5.11 Å². The van der Waals surface area contributed by atoms with Gasteiger partial charge in [-0.25, -0.2) is 0 Å². The van der Waals surface area contributed by atoms with Gasteiger partial charge < -0.3 is 33.3 Å². The van der Waals surface area contributed by atoms with E-state index in [-0.39, 0.29) is 32.2 Å². The van der Waals surface area contributed by atoms with Gasteiger partial charge in [-0.05, 0) is 12.8 Å². The summed E-state index contributed by atoms with van der Waals surface area (Å²) in [6.45, 7) is 4.81. The number of carboxylic acids is 1. The van der Waals surface area contributed by atoms with Gasteiger partial charge in [0.2, 0.25) is 0 Å². The molecule has 0 bridgehead atoms. The maximum Gasteiger partial charge on any atom is 0.306 e. The number of hydrogen-bond acceptors (Lipinski definition) is 8. The first-order chi connectivity index (χ1) is 30.6. The Morgan fingerprint density at radius 2 is 0.714 bits per heavy atom. The van der Waals surface area contributed by atoms with Crippen molar-refractivity contribution in [2.75, 3.05) is 47.5 Å². The zero-order valence-corrected chi connectivity index (χ0v) is 42.5. The first-order valence-corrected chi connectivity index (χ1v) is 27.2. The SMILES string of the molecule is CCCCCCCCCCCCCCCCCCCCCC(=O)OCC(COC(OCC[N+](C)(C)C)C(=O)[O-])OC(=O)CCCCCCCCCCCCCCCCCCCCC. The average molecular weight is 896 g/mol. The molecule has 0 aromatic carbocycles. The molecule has 2 unspecified atom stereocenters. The van der Waals surface area contributed by atoms with Crippen molar-refractivity contribution in [1.29, 1.82) is 0 Å². The number of esters is 2. The molecule has 0 amide bonds. The van der Waals surface area contributed by atoms with Gasteiger partial charge >= 0.3 is 11.9 Å². The highest BCUT2D eigenvalue weighted by Crippen LogP contribution is 2.17. The molecule has 2 atom stereocenters. The number of rotatable bonds is 51. The highest BCUT2D eigenvalue weighted by molar-refractivity contribution is 5.70. The monoisotopic (exact) mass is 896 g/mol. The summed E-state index contributed by atoms with van der Waals surface area (Å²) < 4.78 is 22.7. The van der Waals surface area contributed by atoms with Crippen LogP contribution in [0.4, 0.5) is 0 Å². The lowest BCUT2D eigenvalue weighted by molar-refractivity contribution is -0.870. The molecule has 0 aliphatic rings. The number of hydrogen-bond donors (Lipinski definition) is 0. The summed E-state index contributed by atoms with van der Waals surface area (Å²) in [5.41, 5.74) is 0. The molecule has 0 radical (unpaired) electrons. The molecule has 9 nitrogen and oxygen atoms in total. The Bertz CT molecular complexity index is 1000. The van der Waals surface area contributed by atoms with E-state index in [1.165, 1.54) is 205 Å². The van der Waals surface area contributed by atoms with Gasteiger partial charge in [0.15, 0.2) is 12.4 Å². The van der Waals surface area contributed by atoms with Crippen molar-refractivity contribution in [3.8, 4) is 0 Å². The van der Waals surface area contributed by atoms with Crippen LogP contribution in [0.1, 0.15) is 271 Å². The van der Waals surface area contributed by atoms with Gasteiger partial charge in [0, 0.05) is 12.8 Å². The van der Waals surface area contributed by atoms with Crippen molar-refractivity contribution in [2.24, 2.45) is 0 Å². The molecule has 0 aromatic rings. The fourth-order valence-electron chi connectivity index (χ4n) is 8.13. The van der Waals surface area contributed by atoms with E-state index in [1.807, 2.05) is 21.1 Å². The number of aliphatic carboxylic acids is 1. The molecule has 0 heterocycles. The number of carboxylic acid groups (broad SMARTS) is 1. The Morgan fingerprint density at radius 3 is 1.02 bits per heavy atom. The molecule has 9 heteroatoms. The Balaban J connectivity index is 4.25. The normalized spacial score (nSPS) is 12.7. The maximum absolute atomic E-state index is 12.8. The number of carbonyl (C=O) groups excluding carboxylic acids is 3. The molecule has 0 aliphatic carbocycles. The van der Waals surface area contributed by atoms with Crippen molar-refractivity contribution in [3.63, 3.8) is 0 Å². The van der Waals surface area contributed by atoms with Crippen LogP contribution in [-0.4, -0.2) is 82.3 Å². The van der Waals surface area contributed by atoms with Crippen molar-refractivity contribution >= 4 is 17.9 Å². The molecular formula is C54H105NO8. The molecule has 0 N–H and O–H groups in total. The Hall–Kier alpha value is -1.71. The molecule has 63 heavy (non-hydrogen) atoms. The van der Waals surface area contributed by atoms with Crippen molar-refractivity contribution < 1.29 is 42.9 Å². The van der Waals surface area contributed by atoms with E-state index in [1.54, 1.807) is 0 Å². The van der Waals surface area contributed by atoms with Crippen LogP contribution in [0.3, 0.4) is 0 Å². The summed E-state index contributed by atoms with van der Waals surface area (Å²) in [5, 5.41) is 11.7. The van der Waals surface area contributed by atoms with Crippen LogP contribution in [0.25, 0.3) is 0 Å². The summed E-state index contributed by atoms with van der Waals surface area (Å²) in [5.74, 6) is -2.25. The van der Waals surface area contributed by atoms with Crippen LogP contribution in [0, 0.1) is 0 Å². The quantitative estimate of drug-likeness (QED) is 0.0257. The number of unbranched alkanes of at least 4 members (excludes halogenated alkanes) is 36. The Morgan fingerprint density at radius 1 is 0.413 bits per heavy atom. The predicted molar refractivity (Wildman–Crippen MR) is 260 cm³/mol. The molecule has 0 aliphatic heterocycles. The molecular weight excluding hydrogens is 791 g/mol. The summed E-state index contributed by atoms with van der Waals surface area (Å²) in [4.78, 5) is 37.2. The number of quaternary nitrogens is 1. The Labute approximate surface area is 390 Å². The minimum absolute atomic E-state index is 0.153. The van der Waals surface area contributed by atoms with Crippen LogP contribution in [0.2, 0.25) is 0 Å². The van der Waals surface area contributed by atoms with Gasteiger partial charge in [-0.1, -0.05) is 245 Å². The third-order valence-corrected chi connectivity index (χ3v) is 12.4. The van der Waals surface area contributed by atoms with Crippen molar-refractivity contribution in [3.05, 3.63) is 0 Å². The number of nitrogens with zero attached hydrogens (tertiary/aromatic N) is 1. The first kappa shape index (κ1) is 61.3. The van der Waals surface area contributed by atoms with Crippen LogP contribution in [0.5, 0.6) is 0 Å². The van der Waals surface area contributed by atoms with Gasteiger partial charge in [-0.2, -0.15) is 0 Å². The van der Waals surface area contributed by atoms with E-state index in [9.17, 15) is 19.5 Å². The molecule has 0 spiro atoms. The second kappa shape index (κ2) is 46.8. The molecule has 0 fully saturated rings. The number of carbonyl (C=O) groups is 3. The highest BCUT2D eigenvalue weighted by Gasteiger charge is 2.22. The van der Waals surface area contributed by atoms with Crippen LogP contribution in [0.15, 0.2) is 0 Å². The molecule has 0 saturated carbocycles. The van der Waals surface area contributed by atoms with E-state index >= 15 is 0 Å². The number of likely N-dealkylation sites (N-methyl/N-ethyl adjacent to an activating group) is 1. The molecule has 374 valence electrons. The van der Waals surface area contributed by atoms with Gasteiger partial charge in [-0.3, -0.25) is 9.59 Å². The van der Waals surface area contributed by atoms with E-state index in [2.05, 4.69) is 13.8 Å². The second-order valence-corrected chi connectivity index (χ2v) is 19.9. The van der Waals surface area contributed by atoms with Crippen LogP contribution in [-0.2, 0) is 33.3 Å². The van der Waals surface area contributed by atoms with Crippen LogP contribution >= 0.6 is 0 Å². The largest absolute Gasteiger partial charge is 0.545 e. The average Bonchev–Trinajstić information content (AvgIpc) is 3.24. The maximum atomic E-state index is 12.8. The van der Waals surface area contributed by atoms with Crippen molar-refractivity contribution in [1.82, 2.24) is 0 Å². The van der Waals surface area contributed by atoms with Gasteiger partial charge in [0.1, 0.15) is 13.2 Å². The fraction of sp³-hybridized carbons (Fsp3) is 0.944. The zero-order valence-electron chi connectivity index (χ0n) is 42.5. The lowest BCUT2D eigenvalue weighted by atomic mass is 10.0. The topological polar surface area (TPSA) is 111 Å². The molecule has 0 aromatic heterocycles. The van der Waals surface area contributed by atoms with Gasteiger partial charge in [0.05, 0.1) is 40.3 Å². The summed E-state index contributed by atoms with van der Waals surface area (Å²) in [7, 11) is 5.93. The highest BCUT2D eigenvalue weighted by atomic mass is 16.7. The third kappa shape index (κ3) is 48.1. The predicted octanol–water partition coefficient (Wildman–Crippen LogP) is 13.9. The first-order valence-electron chi connectivity index (χ1n) is 27.2. The third-order valence-electron chi connectivity index (χ3n) is 12.4. The second-order valence-electron chi connectivity index (χ2n) is 19.9. The van der Waals surface area contributed by atoms with E-state index in [4.69, 9.17) is 18.9 Å². The van der Waals surface area contributed by atoms with Gasteiger partial charge in [0.25, 0.3) is 0 Å². The lowest BCUT2D eigenvalue weighted by Crippen LogP contribution is -2.44. The summed E-state index contributed by atoms with van der Waals surface area (Å²) >= 11 is 0. The Kier molecular flexibility index (Phi) is 45.5. The smallest absolute Gasteiger partial charge is 0.306 e. The summed E-state index contributed by atoms with van der Waals surface area (Å²) in [6, 6.07) is 0. The lowest BCUT2D eigenvalue weighted by Gasteiger charge is -2.26. The molecule has 0 saturated heterocycles. The minimum atomic E-state index is -1.61. The molecule has 0 rings (SSSR count). The minimum Gasteiger partial charge on any atom is -0.545 e. The number of ether oxygens (including phenoxy) is 4. The van der Waals surface area contributed by atoms with E-state index < -0.39 is 24.3 Å². The zero-order chi connectivity index (χ0) is 46.3. The summed E-state index contributed by atoms with van der Waals surface area (Å²) in [6.07, 6.45) is 47.1. The van der Waals surface area contributed by atoms with Crippen molar-refractivity contribution in [2.45, 2.75) is 283 Å². The fourth-order valence-corrected chi connectivity index (χ4v) is 8.13. The van der Waals surface area contributed by atoms with E-state index in [0.29, 0.717) is 17.4 Å².